The average molecular weight is 726 g/mol. The zero-order valence-electron chi connectivity index (χ0n) is 28.3. The average Bonchev–Trinajstić information content (AvgIpc) is 3.81. The van der Waals surface area contributed by atoms with Crippen LogP contribution >= 0.6 is 37.8 Å². The van der Waals surface area contributed by atoms with Gasteiger partial charge in [-0.05, 0) is 19.0 Å². The van der Waals surface area contributed by atoms with Crippen LogP contribution in [0.25, 0.3) is 0 Å². The molecule has 4 atom stereocenters. The molecular weight excluding hydrogens is 666 g/mol. The predicted molar refractivity (Wildman–Crippen MR) is 192 cm³/mol. The molecule has 3 heterocycles. The molecule has 0 radical (unpaired) electrons. The summed E-state index contributed by atoms with van der Waals surface area (Å²) < 4.78 is 0. The Balaban J connectivity index is 0. The molecule has 0 amide bonds. The molecule has 44 heavy (non-hydrogen) atoms. The van der Waals surface area contributed by atoms with E-state index in [4.69, 9.17) is 27.9 Å². The van der Waals surface area contributed by atoms with Crippen molar-refractivity contribution < 1.29 is 14.7 Å². The summed E-state index contributed by atoms with van der Waals surface area (Å²) in [4.78, 5) is 21.3. The minimum atomic E-state index is -1.92. The molecule has 0 aliphatic heterocycles. The van der Waals surface area contributed by atoms with Gasteiger partial charge < -0.3 is 29.9 Å². The number of hydrogen-bond donors (Lipinski definition) is 3. The van der Waals surface area contributed by atoms with E-state index in [9.17, 15) is 0 Å². The number of unbranched alkanes of at least 4 members (excludes halogenated alkanes) is 6. The fourth-order valence-electron chi connectivity index (χ4n) is 4.94. The molecule has 3 aromatic heterocycles. The van der Waals surface area contributed by atoms with E-state index in [2.05, 4.69) is 90.4 Å². The van der Waals surface area contributed by atoms with Gasteiger partial charge in [0.1, 0.15) is 0 Å². The third kappa shape index (κ3) is 23.9. The third-order valence-corrected chi connectivity index (χ3v) is 7.61. The van der Waals surface area contributed by atoms with Crippen molar-refractivity contribution >= 4 is 37.8 Å². The van der Waals surface area contributed by atoms with E-state index < -0.39 is 14.7 Å². The van der Waals surface area contributed by atoms with Crippen molar-refractivity contribution in [2.75, 3.05) is 0 Å². The summed E-state index contributed by atoms with van der Waals surface area (Å²) in [6, 6.07) is 0. The van der Waals surface area contributed by atoms with Gasteiger partial charge in [-0.15, -0.1) is 18.6 Å². The Morgan fingerprint density at radius 3 is 0.955 bits per heavy atom. The van der Waals surface area contributed by atoms with Gasteiger partial charge in [-0.2, -0.15) is 9.90 Å². The molecule has 3 N–H and O–H groups in total. The first-order valence-corrected chi connectivity index (χ1v) is 22.9. The van der Waals surface area contributed by atoms with Crippen LogP contribution in [0.15, 0.2) is 18.6 Å². The molecular formula is C33H60Cl3N6PTi-3. The van der Waals surface area contributed by atoms with Gasteiger partial charge in [0.2, 0.25) is 0 Å². The molecule has 0 aromatic carbocycles. The van der Waals surface area contributed by atoms with Gasteiger partial charge in [0, 0.05) is 0 Å². The number of rotatable bonds is 18. The predicted octanol–water partition coefficient (Wildman–Crippen LogP) is 12.0. The maximum atomic E-state index is 4.97. The molecule has 3 aromatic rings. The van der Waals surface area contributed by atoms with Crippen molar-refractivity contribution in [3.8, 4) is 0 Å². The SMILES string of the molecule is CCCCCC(CC)c1c[nH][c-]n1.CCCCCC(CC)c1c[nH][c-]n1.CCCCCC(CC)c1c[nH][c-]n1.P.[Cl][Ti]([Cl])[Cl]. The number of nitrogens with one attached hydrogen (secondary N) is 3. The number of nitrogens with zero attached hydrogens (tertiary/aromatic N) is 3. The fraction of sp³-hybridized carbons (Fsp3) is 0.727. The van der Waals surface area contributed by atoms with Crippen LogP contribution in [0.4, 0.5) is 0 Å². The number of aromatic amines is 3. The topological polar surface area (TPSA) is 86.0 Å². The first-order valence-electron chi connectivity index (χ1n) is 16.4. The molecule has 0 fully saturated rings. The molecule has 3 rings (SSSR count). The molecule has 0 aliphatic carbocycles. The fourth-order valence-corrected chi connectivity index (χ4v) is 4.94. The Kier molecular flexibility index (Phi) is 33.9. The van der Waals surface area contributed by atoms with Gasteiger partial charge in [0.05, 0.1) is 0 Å². The van der Waals surface area contributed by atoms with Gasteiger partial charge in [-0.3, -0.25) is 0 Å². The standard InChI is InChI=1S/3C11H19N2.3ClH.H3P.Ti/c3*1-3-5-6-7-10(4-2)11-8-12-9-13-11;;;;;/h3*8,10H,3-7H2,1-2H3,(H,12,13);3*1H;1H3;/q3*-1;;;;;+3/p-3. The van der Waals surface area contributed by atoms with Crippen LogP contribution < -0.4 is 0 Å². The van der Waals surface area contributed by atoms with Gasteiger partial charge in [-0.25, -0.2) is 0 Å². The Morgan fingerprint density at radius 2 is 0.795 bits per heavy atom. The molecule has 255 valence electrons. The van der Waals surface area contributed by atoms with E-state index in [1.807, 2.05) is 18.6 Å². The third-order valence-electron chi connectivity index (χ3n) is 7.61. The van der Waals surface area contributed by atoms with Crippen LogP contribution in [0, 0.1) is 19.0 Å². The Morgan fingerprint density at radius 1 is 0.545 bits per heavy atom. The van der Waals surface area contributed by atoms with Crippen LogP contribution in [-0.2, 0) is 14.7 Å². The summed E-state index contributed by atoms with van der Waals surface area (Å²) in [7, 11) is 14.9. The summed E-state index contributed by atoms with van der Waals surface area (Å²) in [6.07, 6.45) is 33.4. The van der Waals surface area contributed by atoms with Crippen molar-refractivity contribution in [1.29, 1.82) is 0 Å². The number of H-pyrrole nitrogens is 3. The van der Waals surface area contributed by atoms with E-state index in [1.54, 1.807) is 0 Å². The van der Waals surface area contributed by atoms with Crippen LogP contribution in [-0.4, -0.2) is 29.9 Å². The molecule has 4 unspecified atom stereocenters. The minimum absolute atomic E-state index is 0. The summed E-state index contributed by atoms with van der Waals surface area (Å²) in [5.74, 6) is 1.90. The van der Waals surface area contributed by atoms with Crippen LogP contribution in [0.1, 0.15) is 173 Å². The second-order valence-corrected chi connectivity index (χ2v) is 18.6. The summed E-state index contributed by atoms with van der Waals surface area (Å²) in [5, 5.41) is 0. The van der Waals surface area contributed by atoms with Crippen molar-refractivity contribution in [3.05, 3.63) is 54.7 Å². The summed E-state index contributed by atoms with van der Waals surface area (Å²) >= 11 is -1.92. The van der Waals surface area contributed by atoms with E-state index in [0.717, 1.165) is 0 Å². The van der Waals surface area contributed by atoms with Crippen molar-refractivity contribution in [1.82, 2.24) is 29.9 Å². The zero-order valence-corrected chi connectivity index (χ0v) is 33.5. The summed E-state index contributed by atoms with van der Waals surface area (Å²) in [6.45, 7) is 13.4. The number of aromatic nitrogens is 6. The van der Waals surface area contributed by atoms with Crippen LogP contribution in [0.2, 0.25) is 0 Å². The number of hydrogen-bond acceptors (Lipinski definition) is 3. The van der Waals surface area contributed by atoms with Crippen molar-refractivity contribution in [3.63, 3.8) is 0 Å². The summed E-state index contributed by atoms with van der Waals surface area (Å²) in [5.41, 5.74) is 3.54. The monoisotopic (exact) mass is 724 g/mol. The Labute approximate surface area is 290 Å². The van der Waals surface area contributed by atoms with E-state index in [-0.39, 0.29) is 9.90 Å². The van der Waals surface area contributed by atoms with Gasteiger partial charge in [-0.1, -0.05) is 173 Å². The van der Waals surface area contributed by atoms with Crippen LogP contribution in [0.5, 0.6) is 0 Å². The number of imidazole rings is 3. The molecule has 11 heteroatoms. The molecule has 0 aliphatic rings. The van der Waals surface area contributed by atoms with Crippen molar-refractivity contribution in [2.24, 2.45) is 0 Å². The quantitative estimate of drug-likeness (QED) is 0.0528. The van der Waals surface area contributed by atoms with E-state index in [0.29, 0.717) is 17.8 Å². The first kappa shape index (κ1) is 45.8. The van der Waals surface area contributed by atoms with Gasteiger partial charge >= 0.3 is 42.6 Å². The van der Waals surface area contributed by atoms with E-state index in [1.165, 1.54) is 113 Å². The zero-order chi connectivity index (χ0) is 32.1. The maximum absolute atomic E-state index is 4.97. The van der Waals surface area contributed by atoms with Gasteiger partial charge in [0.25, 0.3) is 0 Å². The van der Waals surface area contributed by atoms with Crippen molar-refractivity contribution in [2.45, 2.75) is 156 Å². The molecule has 6 nitrogen and oxygen atoms in total. The molecule has 0 bridgehead atoms. The second kappa shape index (κ2) is 32.6. The van der Waals surface area contributed by atoms with Gasteiger partial charge in [0.15, 0.2) is 0 Å². The Hall–Kier alpha value is -0.356. The first-order chi connectivity index (χ1) is 20.9. The molecule has 0 saturated heterocycles. The molecule has 0 spiro atoms. The second-order valence-electron chi connectivity index (χ2n) is 10.8. The number of halogens is 3. The normalized spacial score (nSPS) is 12.2. The van der Waals surface area contributed by atoms with Crippen LogP contribution in [0.3, 0.4) is 0 Å². The molecule has 0 saturated carbocycles. The van der Waals surface area contributed by atoms with E-state index >= 15 is 0 Å². The Bertz CT molecular complexity index is 797.